The molecule has 0 saturated heterocycles. The Labute approximate surface area is 95.0 Å². The Kier molecular flexibility index (Phi) is 4.56. The molecule has 0 aliphatic carbocycles. The number of hydrogen-bond donors (Lipinski definition) is 0. The van der Waals surface area contributed by atoms with E-state index in [1.54, 1.807) is 6.07 Å². The van der Waals surface area contributed by atoms with E-state index in [1.165, 1.54) is 0 Å². The average Bonchev–Trinajstić information content (AvgIpc) is 2.14. The van der Waals surface area contributed by atoms with Gasteiger partial charge in [-0.3, -0.25) is 0 Å². The van der Waals surface area contributed by atoms with Gasteiger partial charge in [0.2, 0.25) is 0 Å². The van der Waals surface area contributed by atoms with E-state index in [-0.39, 0.29) is 5.92 Å². The van der Waals surface area contributed by atoms with Crippen molar-refractivity contribution in [3.8, 4) is 5.75 Å². The highest BCUT2D eigenvalue weighted by atomic mass is 35.5. The summed E-state index contributed by atoms with van der Waals surface area (Å²) >= 11 is 11.5. The summed E-state index contributed by atoms with van der Waals surface area (Å²) < 4.78 is 5.38. The highest BCUT2D eigenvalue weighted by Crippen LogP contribution is 2.25. The second-order valence-electron chi connectivity index (χ2n) is 3.16. The van der Waals surface area contributed by atoms with E-state index in [0.29, 0.717) is 17.5 Å². The third-order valence-electron chi connectivity index (χ3n) is 1.81. The van der Waals surface area contributed by atoms with Gasteiger partial charge >= 0.3 is 0 Å². The first-order valence-corrected chi connectivity index (χ1v) is 5.37. The number of benzene rings is 1. The summed E-state index contributed by atoms with van der Waals surface area (Å²) in [5.41, 5.74) is 1.07. The van der Waals surface area contributed by atoms with E-state index >= 15 is 0 Å². The molecule has 3 heteroatoms. The molecule has 1 atom stereocenters. The van der Waals surface area contributed by atoms with Crippen LogP contribution in [0.3, 0.4) is 0 Å². The monoisotopic (exact) mass is 231 g/mol. The fourth-order valence-electron chi connectivity index (χ4n) is 1.11. The van der Waals surface area contributed by atoms with Gasteiger partial charge in [-0.2, -0.15) is 0 Å². The molecule has 0 amide bonds. The van der Waals surface area contributed by atoms with Crippen LogP contribution in [0.5, 0.6) is 5.75 Å². The maximum Gasteiger partial charge on any atom is 0.121 e. The summed E-state index contributed by atoms with van der Waals surface area (Å²) in [4.78, 5) is 0. The van der Waals surface area contributed by atoms with E-state index in [2.05, 4.69) is 6.92 Å². The van der Waals surface area contributed by atoms with Crippen LogP contribution in [-0.2, 0) is 0 Å². The molecule has 0 bridgehead atoms. The van der Waals surface area contributed by atoms with Gasteiger partial charge in [0.15, 0.2) is 0 Å². The molecule has 0 saturated carbocycles. The van der Waals surface area contributed by atoms with E-state index < -0.39 is 0 Å². The Balaban J connectivity index is 2.84. The van der Waals surface area contributed by atoms with Crippen molar-refractivity contribution in [2.45, 2.75) is 12.8 Å². The molecule has 0 aliphatic heterocycles. The van der Waals surface area contributed by atoms with Gasteiger partial charge in [-0.05, 0) is 36.6 Å². The van der Waals surface area contributed by atoms with Crippen molar-refractivity contribution >= 4 is 23.2 Å². The van der Waals surface area contributed by atoms with Crippen molar-refractivity contribution in [2.24, 2.45) is 0 Å². The second kappa shape index (κ2) is 5.47. The smallest absolute Gasteiger partial charge is 0.121 e. The Hall–Kier alpha value is -0.400. The van der Waals surface area contributed by atoms with Crippen molar-refractivity contribution in [3.63, 3.8) is 0 Å². The minimum atomic E-state index is 0.201. The Morgan fingerprint density at radius 2 is 2.14 bits per heavy atom. The minimum absolute atomic E-state index is 0.201. The van der Waals surface area contributed by atoms with Crippen LogP contribution in [0.2, 0.25) is 5.02 Å². The molecule has 1 unspecified atom stereocenters. The first-order valence-electron chi connectivity index (χ1n) is 4.46. The molecule has 1 radical (unpaired) electrons. The molecule has 1 nitrogen and oxygen atoms in total. The predicted molar refractivity (Wildman–Crippen MR) is 61.4 cm³/mol. The molecule has 1 rings (SSSR count). The van der Waals surface area contributed by atoms with Crippen LogP contribution in [0.25, 0.3) is 0 Å². The lowest BCUT2D eigenvalue weighted by Crippen LogP contribution is -1.99. The molecule has 0 aromatic heterocycles. The summed E-state index contributed by atoms with van der Waals surface area (Å²) in [5.74, 6) is 1.43. The number of rotatable bonds is 4. The normalized spacial score (nSPS) is 10.6. The van der Waals surface area contributed by atoms with Gasteiger partial charge in [-0.15, -0.1) is 11.6 Å². The fraction of sp³-hybridized carbons (Fsp3) is 0.364. The van der Waals surface area contributed by atoms with E-state index in [4.69, 9.17) is 27.9 Å². The Bertz CT molecular complexity index is 297. The average molecular weight is 232 g/mol. The molecular weight excluding hydrogens is 219 g/mol. The van der Waals surface area contributed by atoms with Crippen LogP contribution in [0.1, 0.15) is 18.4 Å². The van der Waals surface area contributed by atoms with Gasteiger partial charge < -0.3 is 4.74 Å². The molecule has 1 aromatic rings. The topological polar surface area (TPSA) is 9.23 Å². The maximum atomic E-state index is 5.93. The molecule has 0 N–H and O–H groups in total. The van der Waals surface area contributed by atoms with Crippen LogP contribution < -0.4 is 4.74 Å². The van der Waals surface area contributed by atoms with Gasteiger partial charge in [0.25, 0.3) is 0 Å². The van der Waals surface area contributed by atoms with Gasteiger partial charge in [-0.25, -0.2) is 0 Å². The SMILES string of the molecule is [CH2]C(C)c1cc(Cl)cc(OCCCl)c1. The van der Waals surface area contributed by atoms with Gasteiger partial charge in [0.05, 0.1) is 5.88 Å². The minimum Gasteiger partial charge on any atom is -0.492 e. The third kappa shape index (κ3) is 3.39. The van der Waals surface area contributed by atoms with E-state index in [1.807, 2.05) is 19.1 Å². The second-order valence-corrected chi connectivity index (χ2v) is 3.97. The van der Waals surface area contributed by atoms with Crippen molar-refractivity contribution in [3.05, 3.63) is 35.7 Å². The van der Waals surface area contributed by atoms with Crippen LogP contribution in [-0.4, -0.2) is 12.5 Å². The summed E-state index contributed by atoms with van der Waals surface area (Å²) in [6, 6.07) is 5.61. The molecule has 0 spiro atoms. The molecular formula is C11H13Cl2O. The fourth-order valence-corrected chi connectivity index (χ4v) is 1.42. The van der Waals surface area contributed by atoms with E-state index in [0.717, 1.165) is 11.3 Å². The maximum absolute atomic E-state index is 5.93. The number of ether oxygens (including phenoxy) is 1. The molecule has 1 aromatic carbocycles. The number of alkyl halides is 1. The zero-order valence-electron chi connectivity index (χ0n) is 8.09. The molecule has 14 heavy (non-hydrogen) atoms. The predicted octanol–water partition coefficient (Wildman–Crippen LogP) is 3.90. The van der Waals surface area contributed by atoms with E-state index in [9.17, 15) is 0 Å². The molecule has 77 valence electrons. The largest absolute Gasteiger partial charge is 0.492 e. The van der Waals surface area contributed by atoms with Crippen LogP contribution >= 0.6 is 23.2 Å². The van der Waals surface area contributed by atoms with Crippen molar-refractivity contribution < 1.29 is 4.74 Å². The quantitative estimate of drug-likeness (QED) is 0.715. The lowest BCUT2D eigenvalue weighted by Gasteiger charge is -2.10. The Morgan fingerprint density at radius 1 is 1.43 bits per heavy atom. The standard InChI is InChI=1S/C11H13Cl2O/c1-8(2)9-5-10(13)7-11(6-9)14-4-3-12/h5-8H,1,3-4H2,2H3. The lowest BCUT2D eigenvalue weighted by atomic mass is 10.0. The summed E-state index contributed by atoms with van der Waals surface area (Å²) in [6.07, 6.45) is 0. The lowest BCUT2D eigenvalue weighted by molar-refractivity contribution is 0.342. The van der Waals surface area contributed by atoms with Crippen LogP contribution in [0, 0.1) is 6.92 Å². The van der Waals surface area contributed by atoms with Gasteiger partial charge in [0.1, 0.15) is 12.4 Å². The Morgan fingerprint density at radius 3 is 2.71 bits per heavy atom. The number of hydrogen-bond acceptors (Lipinski definition) is 1. The highest BCUT2D eigenvalue weighted by molar-refractivity contribution is 6.30. The summed E-state index contributed by atoms with van der Waals surface area (Å²) in [6.45, 7) is 6.43. The zero-order chi connectivity index (χ0) is 10.6. The first-order chi connectivity index (χ1) is 6.63. The van der Waals surface area contributed by atoms with Crippen molar-refractivity contribution in [1.29, 1.82) is 0 Å². The highest BCUT2D eigenvalue weighted by Gasteiger charge is 2.03. The zero-order valence-corrected chi connectivity index (χ0v) is 9.61. The molecule has 0 fully saturated rings. The van der Waals surface area contributed by atoms with Crippen molar-refractivity contribution in [2.75, 3.05) is 12.5 Å². The van der Waals surface area contributed by atoms with Crippen LogP contribution in [0.15, 0.2) is 18.2 Å². The van der Waals surface area contributed by atoms with Gasteiger partial charge in [-0.1, -0.05) is 18.5 Å². The third-order valence-corrected chi connectivity index (χ3v) is 2.18. The number of halogens is 2. The molecule has 0 aliphatic rings. The van der Waals surface area contributed by atoms with Gasteiger partial charge in [0, 0.05) is 5.02 Å². The summed E-state index contributed by atoms with van der Waals surface area (Å²) in [5, 5.41) is 0.669. The van der Waals surface area contributed by atoms with Crippen molar-refractivity contribution in [1.82, 2.24) is 0 Å². The van der Waals surface area contributed by atoms with Crippen LogP contribution in [0.4, 0.5) is 0 Å². The molecule has 0 heterocycles. The first kappa shape index (κ1) is 11.7. The summed E-state index contributed by atoms with van der Waals surface area (Å²) in [7, 11) is 0.